The second kappa shape index (κ2) is 11.9. The molecule has 3 aromatic carbocycles. The SMILES string of the molecule is CCCOc1ccc(/C(O)=C2/C(=O)C(=O)N(Cc3cccc(OC)c3)C2c2ccc(OC(C)C)cc2)cc1. The Labute approximate surface area is 223 Å². The van der Waals surface area contributed by atoms with E-state index in [9.17, 15) is 14.7 Å². The monoisotopic (exact) mass is 515 g/mol. The summed E-state index contributed by atoms with van der Waals surface area (Å²) in [6, 6.07) is 20.7. The van der Waals surface area contributed by atoms with E-state index in [2.05, 4.69) is 0 Å². The highest BCUT2D eigenvalue weighted by Crippen LogP contribution is 2.41. The third-order valence-corrected chi connectivity index (χ3v) is 6.20. The maximum absolute atomic E-state index is 13.4. The number of hydrogen-bond donors (Lipinski definition) is 1. The molecule has 7 nitrogen and oxygen atoms in total. The van der Waals surface area contributed by atoms with Crippen LogP contribution in [0.15, 0.2) is 78.4 Å². The lowest BCUT2D eigenvalue weighted by molar-refractivity contribution is -0.140. The maximum atomic E-state index is 13.4. The molecular weight excluding hydrogens is 482 g/mol. The summed E-state index contributed by atoms with van der Waals surface area (Å²) in [5.41, 5.74) is 1.96. The standard InChI is InChI=1S/C31H33NO6/c1-5-17-37-24-13-11-23(12-14-24)29(33)27-28(22-9-15-25(16-10-22)38-20(2)3)32(31(35)30(27)34)19-21-7-6-8-26(18-21)36-4/h6-16,18,20,28,33H,5,17,19H2,1-4H3/b29-27-. The molecule has 38 heavy (non-hydrogen) atoms. The van der Waals surface area contributed by atoms with Gasteiger partial charge in [0.2, 0.25) is 0 Å². The highest BCUT2D eigenvalue weighted by Gasteiger charge is 2.46. The first-order chi connectivity index (χ1) is 18.3. The van der Waals surface area contributed by atoms with Crippen LogP contribution in [0.2, 0.25) is 0 Å². The Bertz CT molecular complexity index is 1310. The number of Topliss-reactive ketones (excluding diaryl/α,β-unsaturated/α-hetero) is 1. The first-order valence-electron chi connectivity index (χ1n) is 12.7. The molecule has 7 heteroatoms. The summed E-state index contributed by atoms with van der Waals surface area (Å²) in [5.74, 6) is 0.353. The molecule has 1 unspecified atom stereocenters. The molecule has 1 saturated heterocycles. The van der Waals surface area contributed by atoms with Gasteiger partial charge in [-0.05, 0) is 79.9 Å². The molecule has 1 heterocycles. The van der Waals surface area contributed by atoms with Crippen LogP contribution in [0.1, 0.15) is 49.9 Å². The van der Waals surface area contributed by atoms with Gasteiger partial charge in [0.15, 0.2) is 0 Å². The van der Waals surface area contributed by atoms with Crippen LogP contribution in [-0.4, -0.2) is 41.5 Å². The van der Waals surface area contributed by atoms with E-state index in [-0.39, 0.29) is 24.0 Å². The zero-order valence-corrected chi connectivity index (χ0v) is 22.1. The van der Waals surface area contributed by atoms with Crippen molar-refractivity contribution in [2.45, 2.75) is 45.9 Å². The molecule has 0 radical (unpaired) electrons. The van der Waals surface area contributed by atoms with Crippen LogP contribution in [0.5, 0.6) is 17.2 Å². The molecule has 0 spiro atoms. The number of ketones is 1. The fraction of sp³-hybridized carbons (Fsp3) is 0.290. The van der Waals surface area contributed by atoms with Crippen LogP contribution < -0.4 is 14.2 Å². The van der Waals surface area contributed by atoms with Crippen LogP contribution >= 0.6 is 0 Å². The summed E-state index contributed by atoms with van der Waals surface area (Å²) in [4.78, 5) is 28.2. The molecule has 0 bridgehead atoms. The van der Waals surface area contributed by atoms with Crippen molar-refractivity contribution in [2.24, 2.45) is 0 Å². The van der Waals surface area contributed by atoms with Gasteiger partial charge in [-0.1, -0.05) is 31.2 Å². The Morgan fingerprint density at radius 3 is 2.26 bits per heavy atom. The molecule has 1 atom stereocenters. The summed E-state index contributed by atoms with van der Waals surface area (Å²) in [7, 11) is 1.57. The van der Waals surface area contributed by atoms with E-state index in [1.54, 1.807) is 43.5 Å². The molecule has 0 aromatic heterocycles. The van der Waals surface area contributed by atoms with Crippen LogP contribution in [0, 0.1) is 0 Å². The number of benzene rings is 3. The number of aliphatic hydroxyl groups is 1. The molecule has 1 aliphatic rings. The molecule has 1 fully saturated rings. The van der Waals surface area contributed by atoms with Crippen LogP contribution in [-0.2, 0) is 16.1 Å². The van der Waals surface area contributed by atoms with Gasteiger partial charge in [-0.15, -0.1) is 0 Å². The maximum Gasteiger partial charge on any atom is 0.295 e. The van der Waals surface area contributed by atoms with Crippen molar-refractivity contribution in [3.63, 3.8) is 0 Å². The summed E-state index contributed by atoms with van der Waals surface area (Å²) in [5, 5.41) is 11.3. The van der Waals surface area contributed by atoms with Crippen molar-refractivity contribution in [1.82, 2.24) is 4.90 Å². The number of aliphatic hydroxyl groups excluding tert-OH is 1. The van der Waals surface area contributed by atoms with Gasteiger partial charge in [0.1, 0.15) is 23.0 Å². The second-order valence-electron chi connectivity index (χ2n) is 9.39. The molecule has 0 aliphatic carbocycles. The normalized spacial score (nSPS) is 16.7. The number of carbonyl (C=O) groups excluding carboxylic acids is 2. The highest BCUT2D eigenvalue weighted by atomic mass is 16.5. The van der Waals surface area contributed by atoms with E-state index in [4.69, 9.17) is 14.2 Å². The minimum absolute atomic E-state index is 0.00354. The lowest BCUT2D eigenvalue weighted by Crippen LogP contribution is -2.29. The van der Waals surface area contributed by atoms with Crippen LogP contribution in [0.4, 0.5) is 0 Å². The number of ether oxygens (including phenoxy) is 3. The first-order valence-corrected chi connectivity index (χ1v) is 12.7. The van der Waals surface area contributed by atoms with Gasteiger partial charge in [-0.2, -0.15) is 0 Å². The second-order valence-corrected chi connectivity index (χ2v) is 9.39. The van der Waals surface area contributed by atoms with Crippen molar-refractivity contribution in [1.29, 1.82) is 0 Å². The molecule has 3 aromatic rings. The zero-order chi connectivity index (χ0) is 27.2. The van der Waals surface area contributed by atoms with E-state index >= 15 is 0 Å². The van der Waals surface area contributed by atoms with Crippen molar-refractivity contribution in [3.05, 3.63) is 95.1 Å². The largest absolute Gasteiger partial charge is 0.507 e. The van der Waals surface area contributed by atoms with E-state index in [1.165, 1.54) is 4.90 Å². The summed E-state index contributed by atoms with van der Waals surface area (Å²) in [6.07, 6.45) is 0.878. The van der Waals surface area contributed by atoms with Gasteiger partial charge < -0.3 is 24.2 Å². The minimum Gasteiger partial charge on any atom is -0.507 e. The molecule has 1 aliphatic heterocycles. The third-order valence-electron chi connectivity index (χ3n) is 6.20. The summed E-state index contributed by atoms with van der Waals surface area (Å²) < 4.78 is 16.7. The molecule has 4 rings (SSSR count). The Balaban J connectivity index is 1.77. The highest BCUT2D eigenvalue weighted by molar-refractivity contribution is 6.46. The van der Waals surface area contributed by atoms with E-state index in [1.807, 2.05) is 57.2 Å². The van der Waals surface area contributed by atoms with Crippen LogP contribution in [0.25, 0.3) is 5.76 Å². The fourth-order valence-electron chi connectivity index (χ4n) is 4.44. The number of carbonyl (C=O) groups is 2. The number of amides is 1. The number of methoxy groups -OCH3 is 1. The fourth-order valence-corrected chi connectivity index (χ4v) is 4.44. The van der Waals surface area contributed by atoms with E-state index in [0.717, 1.165) is 12.0 Å². The van der Waals surface area contributed by atoms with Gasteiger partial charge in [-0.25, -0.2) is 0 Å². The lowest BCUT2D eigenvalue weighted by Gasteiger charge is -2.26. The average molecular weight is 516 g/mol. The Morgan fingerprint density at radius 2 is 1.63 bits per heavy atom. The third kappa shape index (κ3) is 5.83. The molecule has 0 saturated carbocycles. The Hall–Kier alpha value is -4.26. The van der Waals surface area contributed by atoms with Gasteiger partial charge in [0, 0.05) is 12.1 Å². The predicted molar refractivity (Wildman–Crippen MR) is 145 cm³/mol. The van der Waals surface area contributed by atoms with Crippen molar-refractivity contribution < 1.29 is 28.9 Å². The number of nitrogens with zero attached hydrogens (tertiary/aromatic N) is 1. The number of hydrogen-bond acceptors (Lipinski definition) is 6. The van der Waals surface area contributed by atoms with Crippen LogP contribution in [0.3, 0.4) is 0 Å². The molecule has 198 valence electrons. The van der Waals surface area contributed by atoms with Gasteiger partial charge in [-0.3, -0.25) is 9.59 Å². The van der Waals surface area contributed by atoms with E-state index < -0.39 is 17.7 Å². The topological polar surface area (TPSA) is 85.3 Å². The number of likely N-dealkylation sites (tertiary alicyclic amines) is 1. The molecule has 1 amide bonds. The Morgan fingerprint density at radius 1 is 0.947 bits per heavy atom. The smallest absolute Gasteiger partial charge is 0.295 e. The van der Waals surface area contributed by atoms with Gasteiger partial charge in [0.05, 0.1) is 31.4 Å². The van der Waals surface area contributed by atoms with Crippen molar-refractivity contribution in [3.8, 4) is 17.2 Å². The van der Waals surface area contributed by atoms with Gasteiger partial charge in [0.25, 0.3) is 11.7 Å². The zero-order valence-electron chi connectivity index (χ0n) is 22.1. The summed E-state index contributed by atoms with van der Waals surface area (Å²) >= 11 is 0. The van der Waals surface area contributed by atoms with Crippen molar-refractivity contribution >= 4 is 17.4 Å². The quantitative estimate of drug-likeness (QED) is 0.206. The summed E-state index contributed by atoms with van der Waals surface area (Å²) in [6.45, 7) is 6.64. The Kier molecular flexibility index (Phi) is 8.36. The predicted octanol–water partition coefficient (Wildman–Crippen LogP) is 5.89. The minimum atomic E-state index is -0.787. The lowest BCUT2D eigenvalue weighted by atomic mass is 9.95. The molecule has 1 N–H and O–H groups in total. The van der Waals surface area contributed by atoms with Gasteiger partial charge >= 0.3 is 0 Å². The van der Waals surface area contributed by atoms with E-state index in [0.29, 0.717) is 35.0 Å². The average Bonchev–Trinajstić information content (AvgIpc) is 3.17. The molecular formula is C31H33NO6. The number of rotatable bonds is 10. The first kappa shape index (κ1) is 26.8. The van der Waals surface area contributed by atoms with Crippen molar-refractivity contribution in [2.75, 3.05) is 13.7 Å².